The number of rotatable bonds is 9. The van der Waals surface area contributed by atoms with Gasteiger partial charge in [0.25, 0.3) is 10.2 Å². The summed E-state index contributed by atoms with van der Waals surface area (Å²) < 4.78 is 27.5. The van der Waals surface area contributed by atoms with Gasteiger partial charge >= 0.3 is 5.97 Å². The van der Waals surface area contributed by atoms with E-state index in [9.17, 15) is 13.2 Å². The monoisotopic (exact) mass is 314 g/mol. The minimum Gasteiger partial charge on any atom is -0.481 e. The van der Waals surface area contributed by atoms with Gasteiger partial charge in [0.2, 0.25) is 0 Å². The van der Waals surface area contributed by atoms with Gasteiger partial charge in [0, 0.05) is 26.7 Å². The predicted octanol–water partition coefficient (Wildman–Crippen LogP) is 1.55. The Hall–Kier alpha value is -1.44. The van der Waals surface area contributed by atoms with Crippen molar-refractivity contribution in [2.75, 3.05) is 20.1 Å². The fourth-order valence-corrected chi connectivity index (χ4v) is 3.32. The van der Waals surface area contributed by atoms with Crippen LogP contribution in [0.2, 0.25) is 0 Å². The highest BCUT2D eigenvalue weighted by atomic mass is 32.2. The van der Waals surface area contributed by atoms with Gasteiger partial charge in [-0.3, -0.25) is 4.79 Å². The molecule has 7 heteroatoms. The minimum absolute atomic E-state index is 0.0350. The van der Waals surface area contributed by atoms with Crippen LogP contribution in [0.1, 0.15) is 25.3 Å². The molecule has 1 N–H and O–H groups in total. The van der Waals surface area contributed by atoms with Crippen LogP contribution in [0.5, 0.6) is 0 Å². The first-order chi connectivity index (χ1) is 9.87. The van der Waals surface area contributed by atoms with Gasteiger partial charge in [-0.25, -0.2) is 0 Å². The molecule has 1 aromatic carbocycles. The van der Waals surface area contributed by atoms with E-state index < -0.39 is 16.2 Å². The van der Waals surface area contributed by atoms with Crippen LogP contribution in [0.4, 0.5) is 0 Å². The Labute approximate surface area is 126 Å². The first-order valence-corrected chi connectivity index (χ1v) is 8.24. The van der Waals surface area contributed by atoms with Crippen molar-refractivity contribution in [1.29, 1.82) is 0 Å². The average Bonchev–Trinajstić information content (AvgIpc) is 2.45. The van der Waals surface area contributed by atoms with Crippen molar-refractivity contribution in [3.05, 3.63) is 35.9 Å². The number of carboxylic acid groups (broad SMARTS) is 1. The summed E-state index contributed by atoms with van der Waals surface area (Å²) in [5, 5.41) is 8.67. The molecule has 0 saturated heterocycles. The molecule has 21 heavy (non-hydrogen) atoms. The van der Waals surface area contributed by atoms with Crippen LogP contribution in [0.25, 0.3) is 0 Å². The van der Waals surface area contributed by atoms with E-state index in [2.05, 4.69) is 0 Å². The van der Waals surface area contributed by atoms with Crippen molar-refractivity contribution >= 4 is 16.2 Å². The highest BCUT2D eigenvalue weighted by molar-refractivity contribution is 7.86. The molecule has 0 aromatic heterocycles. The van der Waals surface area contributed by atoms with Crippen LogP contribution < -0.4 is 0 Å². The van der Waals surface area contributed by atoms with Crippen LogP contribution in [0.3, 0.4) is 0 Å². The Kier molecular flexibility index (Phi) is 6.80. The maximum atomic E-state index is 12.5. The molecular formula is C14H22N2O4S. The summed E-state index contributed by atoms with van der Waals surface area (Å²) in [6.45, 7) is 2.56. The molecule has 0 aliphatic carbocycles. The highest BCUT2D eigenvalue weighted by Gasteiger charge is 2.26. The van der Waals surface area contributed by atoms with E-state index in [1.54, 1.807) is 0 Å². The molecular weight excluding hydrogens is 292 g/mol. The van der Waals surface area contributed by atoms with Gasteiger partial charge in [-0.15, -0.1) is 0 Å². The molecule has 1 aromatic rings. The first kappa shape index (κ1) is 17.6. The first-order valence-electron chi connectivity index (χ1n) is 6.85. The predicted molar refractivity (Wildman–Crippen MR) is 80.9 cm³/mol. The number of nitrogens with zero attached hydrogens (tertiary/aromatic N) is 2. The number of benzene rings is 1. The number of hydrogen-bond acceptors (Lipinski definition) is 3. The summed E-state index contributed by atoms with van der Waals surface area (Å²) in [7, 11) is -2.25. The van der Waals surface area contributed by atoms with Crippen LogP contribution in [0, 0.1) is 0 Å². The molecule has 0 bridgehead atoms. The van der Waals surface area contributed by atoms with Gasteiger partial charge in [0.15, 0.2) is 0 Å². The zero-order valence-electron chi connectivity index (χ0n) is 12.4. The third-order valence-electron chi connectivity index (χ3n) is 3.04. The third kappa shape index (κ3) is 5.45. The number of hydrogen-bond donors (Lipinski definition) is 1. The molecule has 6 nitrogen and oxygen atoms in total. The molecule has 118 valence electrons. The van der Waals surface area contributed by atoms with Gasteiger partial charge in [0.1, 0.15) is 0 Å². The maximum absolute atomic E-state index is 12.5. The Morgan fingerprint density at radius 3 is 2.33 bits per heavy atom. The lowest BCUT2D eigenvalue weighted by atomic mass is 10.2. The van der Waals surface area contributed by atoms with Crippen molar-refractivity contribution in [3.8, 4) is 0 Å². The second-order valence-electron chi connectivity index (χ2n) is 4.79. The van der Waals surface area contributed by atoms with Crippen LogP contribution in [-0.4, -0.2) is 48.2 Å². The van der Waals surface area contributed by atoms with Crippen LogP contribution in [0.15, 0.2) is 30.3 Å². The Bertz CT molecular complexity index is 545. The SMILES string of the molecule is CCCN(Cc1ccccc1)S(=O)(=O)N(C)CCC(=O)O. The van der Waals surface area contributed by atoms with Crippen molar-refractivity contribution in [3.63, 3.8) is 0 Å². The molecule has 0 unspecified atom stereocenters. The van der Waals surface area contributed by atoms with E-state index in [0.717, 1.165) is 9.87 Å². The fourth-order valence-electron chi connectivity index (χ4n) is 1.88. The van der Waals surface area contributed by atoms with Gasteiger partial charge in [-0.2, -0.15) is 17.0 Å². The van der Waals surface area contributed by atoms with Crippen LogP contribution >= 0.6 is 0 Å². The summed E-state index contributed by atoms with van der Waals surface area (Å²) in [6.07, 6.45) is 0.486. The van der Waals surface area contributed by atoms with E-state index in [1.807, 2.05) is 37.3 Å². The largest absolute Gasteiger partial charge is 0.481 e. The summed E-state index contributed by atoms with van der Waals surface area (Å²) in [5.74, 6) is -1.01. The Balaban J connectivity index is 2.84. The lowest BCUT2D eigenvalue weighted by molar-refractivity contribution is -0.137. The highest BCUT2D eigenvalue weighted by Crippen LogP contribution is 2.13. The molecule has 0 heterocycles. The van der Waals surface area contributed by atoms with E-state index in [0.29, 0.717) is 13.0 Å². The summed E-state index contributed by atoms with van der Waals surface area (Å²) in [4.78, 5) is 10.6. The van der Waals surface area contributed by atoms with Crippen molar-refractivity contribution in [2.45, 2.75) is 26.3 Å². The summed E-state index contributed by atoms with van der Waals surface area (Å²) >= 11 is 0. The molecule has 0 amide bonds. The number of aliphatic carboxylic acids is 1. The lowest BCUT2D eigenvalue weighted by Gasteiger charge is -2.27. The zero-order valence-corrected chi connectivity index (χ0v) is 13.2. The molecule has 0 fully saturated rings. The second kappa shape index (κ2) is 8.11. The number of carbonyl (C=O) groups is 1. The summed E-state index contributed by atoms with van der Waals surface area (Å²) in [6, 6.07) is 9.34. The van der Waals surface area contributed by atoms with E-state index in [-0.39, 0.29) is 19.5 Å². The normalized spacial score (nSPS) is 12.0. The lowest BCUT2D eigenvalue weighted by Crippen LogP contribution is -2.42. The van der Waals surface area contributed by atoms with E-state index in [1.165, 1.54) is 11.4 Å². The molecule has 0 radical (unpaired) electrons. The minimum atomic E-state index is -3.65. The molecule has 1 rings (SSSR count). The standard InChI is InChI=1S/C14H22N2O4S/c1-3-10-16(12-13-7-5-4-6-8-13)21(19,20)15(2)11-9-14(17)18/h4-8H,3,9-12H2,1-2H3,(H,17,18). The van der Waals surface area contributed by atoms with Gasteiger partial charge in [0.05, 0.1) is 6.42 Å². The number of carboxylic acids is 1. The zero-order chi connectivity index (χ0) is 15.9. The smallest absolute Gasteiger partial charge is 0.304 e. The molecule has 0 aliphatic rings. The maximum Gasteiger partial charge on any atom is 0.304 e. The van der Waals surface area contributed by atoms with Gasteiger partial charge < -0.3 is 5.11 Å². The molecule has 0 atom stereocenters. The molecule has 0 saturated carbocycles. The second-order valence-corrected chi connectivity index (χ2v) is 6.83. The molecule has 0 spiro atoms. The van der Waals surface area contributed by atoms with E-state index >= 15 is 0 Å². The molecule has 0 aliphatic heterocycles. The topological polar surface area (TPSA) is 77.9 Å². The Morgan fingerprint density at radius 2 is 1.81 bits per heavy atom. The van der Waals surface area contributed by atoms with Gasteiger partial charge in [-0.1, -0.05) is 37.3 Å². The van der Waals surface area contributed by atoms with Crippen molar-refractivity contribution in [1.82, 2.24) is 8.61 Å². The third-order valence-corrected chi connectivity index (χ3v) is 4.97. The van der Waals surface area contributed by atoms with E-state index in [4.69, 9.17) is 5.11 Å². The summed E-state index contributed by atoms with van der Waals surface area (Å²) in [5.41, 5.74) is 0.904. The van der Waals surface area contributed by atoms with Gasteiger partial charge in [-0.05, 0) is 12.0 Å². The average molecular weight is 314 g/mol. The quantitative estimate of drug-likeness (QED) is 0.750. The fraction of sp³-hybridized carbons (Fsp3) is 0.500. The van der Waals surface area contributed by atoms with Crippen molar-refractivity contribution in [2.24, 2.45) is 0 Å². The Morgan fingerprint density at radius 1 is 1.19 bits per heavy atom. The van der Waals surface area contributed by atoms with Crippen LogP contribution in [-0.2, 0) is 21.5 Å². The van der Waals surface area contributed by atoms with Crippen molar-refractivity contribution < 1.29 is 18.3 Å².